The highest BCUT2D eigenvalue weighted by atomic mass is 16.7. The molecule has 7 nitrogen and oxygen atoms in total. The standard InChI is InChI=1S/2C20H30O3.C14H20O/c2*1-13(2)16-8-7-9-17(14(3)15-10-11-15)18(16)22-12-23-19(21)20(4,5)6;1-9(2)12-5-4-6-13(14(12)15)10(3)11-7-8-11/h2*7-9,13-15H,10-12H2,1-6H3;4-6,9-11,15H,7-8H2,1-3H3/t2*14-;10-/m111/s1. The third-order valence-electron chi connectivity index (χ3n) is 12.6. The zero-order valence-electron chi connectivity index (χ0n) is 40.4. The van der Waals surface area contributed by atoms with E-state index in [-0.39, 0.29) is 25.5 Å². The lowest BCUT2D eigenvalue weighted by molar-refractivity contribution is -0.160. The number of esters is 2. The summed E-state index contributed by atoms with van der Waals surface area (Å²) in [5.41, 5.74) is 6.05. The van der Waals surface area contributed by atoms with Gasteiger partial charge in [0.15, 0.2) is 0 Å². The van der Waals surface area contributed by atoms with Crippen molar-refractivity contribution in [3.8, 4) is 17.2 Å². The summed E-state index contributed by atoms with van der Waals surface area (Å²) >= 11 is 0. The first-order valence-electron chi connectivity index (χ1n) is 23.2. The molecule has 3 saturated carbocycles. The quantitative estimate of drug-likeness (QED) is 0.120. The molecule has 0 bridgehead atoms. The number of hydrogen-bond acceptors (Lipinski definition) is 7. The summed E-state index contributed by atoms with van der Waals surface area (Å²) < 4.78 is 22.5. The number of phenolic OH excluding ortho intramolecular Hbond substituents is 1. The molecule has 3 atom stereocenters. The number of rotatable bonds is 15. The molecule has 0 amide bonds. The highest BCUT2D eigenvalue weighted by Crippen LogP contribution is 2.48. The molecule has 6 rings (SSSR count). The Balaban J connectivity index is 0.000000206. The maximum atomic E-state index is 11.9. The minimum Gasteiger partial charge on any atom is -0.507 e. The Morgan fingerprint density at radius 1 is 0.492 bits per heavy atom. The molecule has 3 aliphatic rings. The average Bonchev–Trinajstić information content (AvgIpc) is 4.03. The number of phenols is 1. The molecule has 0 unspecified atom stereocenters. The highest BCUT2D eigenvalue weighted by molar-refractivity contribution is 5.75. The summed E-state index contributed by atoms with van der Waals surface area (Å²) in [4.78, 5) is 23.8. The second kappa shape index (κ2) is 21.4. The minimum absolute atomic E-state index is 0.0236. The summed E-state index contributed by atoms with van der Waals surface area (Å²) in [6.07, 6.45) is 7.84. The van der Waals surface area contributed by atoms with Crippen LogP contribution in [-0.4, -0.2) is 30.6 Å². The van der Waals surface area contributed by atoms with Gasteiger partial charge in [-0.25, -0.2) is 0 Å². The molecular formula is C54H80O7. The molecule has 3 aromatic carbocycles. The van der Waals surface area contributed by atoms with Gasteiger partial charge >= 0.3 is 11.9 Å². The van der Waals surface area contributed by atoms with E-state index in [0.717, 1.165) is 40.4 Å². The fourth-order valence-electron chi connectivity index (χ4n) is 7.79. The molecular weight excluding hydrogens is 761 g/mol. The average molecular weight is 841 g/mol. The van der Waals surface area contributed by atoms with Gasteiger partial charge in [0.25, 0.3) is 0 Å². The Kier molecular flexibility index (Phi) is 17.4. The number of ether oxygens (including phenoxy) is 4. The van der Waals surface area contributed by atoms with Gasteiger partial charge in [-0.1, -0.05) is 117 Å². The van der Waals surface area contributed by atoms with Crippen LogP contribution in [-0.2, 0) is 19.1 Å². The molecule has 0 saturated heterocycles. The van der Waals surface area contributed by atoms with Crippen molar-refractivity contribution in [1.82, 2.24) is 0 Å². The Labute approximate surface area is 369 Å². The van der Waals surface area contributed by atoms with Gasteiger partial charge in [-0.15, -0.1) is 0 Å². The van der Waals surface area contributed by atoms with Gasteiger partial charge in [0.2, 0.25) is 13.6 Å². The lowest BCUT2D eigenvalue weighted by Gasteiger charge is -2.22. The van der Waals surface area contributed by atoms with Crippen LogP contribution < -0.4 is 9.47 Å². The largest absolute Gasteiger partial charge is 0.507 e. The normalized spacial score (nSPS) is 16.8. The lowest BCUT2D eigenvalue weighted by atomic mass is 9.90. The molecule has 0 heterocycles. The molecule has 0 spiro atoms. The van der Waals surface area contributed by atoms with Gasteiger partial charge in [0, 0.05) is 0 Å². The predicted molar refractivity (Wildman–Crippen MR) is 249 cm³/mol. The van der Waals surface area contributed by atoms with E-state index in [9.17, 15) is 14.7 Å². The van der Waals surface area contributed by atoms with Crippen LogP contribution in [0.5, 0.6) is 17.2 Å². The molecule has 338 valence electrons. The van der Waals surface area contributed by atoms with E-state index in [0.29, 0.717) is 41.3 Å². The van der Waals surface area contributed by atoms with Gasteiger partial charge < -0.3 is 24.1 Å². The molecule has 0 aliphatic heterocycles. The van der Waals surface area contributed by atoms with Gasteiger partial charge in [0.05, 0.1) is 10.8 Å². The van der Waals surface area contributed by atoms with Gasteiger partial charge in [-0.05, 0) is 167 Å². The molecule has 0 radical (unpaired) electrons. The van der Waals surface area contributed by atoms with E-state index >= 15 is 0 Å². The molecule has 7 heteroatoms. The van der Waals surface area contributed by atoms with Gasteiger partial charge in [-0.3, -0.25) is 9.59 Å². The number of carbonyl (C=O) groups excluding carboxylic acids is 2. The summed E-state index contributed by atoms with van der Waals surface area (Å²) in [6, 6.07) is 18.9. The number of aromatic hydroxyl groups is 1. The van der Waals surface area contributed by atoms with Crippen LogP contribution in [0.2, 0.25) is 0 Å². The second-order valence-corrected chi connectivity index (χ2v) is 21.0. The van der Waals surface area contributed by atoms with Crippen LogP contribution in [0, 0.1) is 28.6 Å². The smallest absolute Gasteiger partial charge is 0.314 e. The Morgan fingerprint density at radius 3 is 1.07 bits per heavy atom. The molecule has 0 aromatic heterocycles. The fraction of sp³-hybridized carbons (Fsp3) is 0.630. The van der Waals surface area contributed by atoms with Crippen LogP contribution in [0.4, 0.5) is 0 Å². The molecule has 1 N–H and O–H groups in total. The van der Waals surface area contributed by atoms with E-state index in [1.54, 1.807) is 0 Å². The molecule has 3 aliphatic carbocycles. The third kappa shape index (κ3) is 14.3. The Hall–Kier alpha value is -4.00. The monoisotopic (exact) mass is 841 g/mol. The van der Waals surface area contributed by atoms with E-state index in [2.05, 4.69) is 111 Å². The van der Waals surface area contributed by atoms with Crippen molar-refractivity contribution in [2.45, 2.75) is 178 Å². The minimum atomic E-state index is -0.509. The van der Waals surface area contributed by atoms with Crippen molar-refractivity contribution in [2.75, 3.05) is 13.6 Å². The summed E-state index contributed by atoms with van der Waals surface area (Å²) in [5, 5.41) is 10.2. The van der Waals surface area contributed by atoms with Crippen molar-refractivity contribution in [2.24, 2.45) is 28.6 Å². The number of benzene rings is 3. The predicted octanol–water partition coefficient (Wildman–Crippen LogP) is 14.5. The first-order valence-corrected chi connectivity index (χ1v) is 23.2. The zero-order chi connectivity index (χ0) is 45.4. The molecule has 3 aromatic rings. The van der Waals surface area contributed by atoms with Crippen molar-refractivity contribution in [3.63, 3.8) is 0 Å². The summed E-state index contributed by atoms with van der Waals surface area (Å²) in [5.74, 6) is 6.83. The van der Waals surface area contributed by atoms with Crippen molar-refractivity contribution < 1.29 is 33.6 Å². The zero-order valence-corrected chi connectivity index (χ0v) is 40.4. The summed E-state index contributed by atoms with van der Waals surface area (Å²) in [7, 11) is 0. The highest BCUT2D eigenvalue weighted by Gasteiger charge is 2.34. The molecule has 61 heavy (non-hydrogen) atoms. The van der Waals surface area contributed by atoms with Crippen LogP contribution in [0.25, 0.3) is 0 Å². The van der Waals surface area contributed by atoms with E-state index in [4.69, 9.17) is 18.9 Å². The number of hydrogen-bond donors (Lipinski definition) is 1. The van der Waals surface area contributed by atoms with E-state index in [1.165, 1.54) is 60.8 Å². The second-order valence-electron chi connectivity index (χ2n) is 21.0. The Morgan fingerprint density at radius 2 is 0.770 bits per heavy atom. The van der Waals surface area contributed by atoms with Crippen LogP contribution in [0.15, 0.2) is 54.6 Å². The maximum absolute atomic E-state index is 11.9. The first-order chi connectivity index (χ1) is 28.5. The van der Waals surface area contributed by atoms with Crippen LogP contribution in [0.3, 0.4) is 0 Å². The van der Waals surface area contributed by atoms with E-state index < -0.39 is 10.8 Å². The van der Waals surface area contributed by atoms with E-state index in [1.807, 2.05) is 47.6 Å². The van der Waals surface area contributed by atoms with Crippen LogP contribution >= 0.6 is 0 Å². The topological polar surface area (TPSA) is 91.3 Å². The first kappa shape index (κ1) is 49.7. The third-order valence-corrected chi connectivity index (χ3v) is 12.6. The van der Waals surface area contributed by atoms with Crippen molar-refractivity contribution >= 4 is 11.9 Å². The fourth-order valence-corrected chi connectivity index (χ4v) is 7.79. The van der Waals surface area contributed by atoms with Gasteiger partial charge in [0.1, 0.15) is 17.2 Å². The molecule has 3 fully saturated rings. The summed E-state index contributed by atoms with van der Waals surface area (Å²) in [6.45, 7) is 30.7. The lowest BCUT2D eigenvalue weighted by Crippen LogP contribution is -2.25. The SMILES string of the molecule is CC(C)c1cccc([C@H](C)C2CC2)c1O.CC(C)c1cccc([C@H](C)C2CC2)c1OCOC(=O)C(C)(C)C.CC(C)c1cccc([C@H](C)C2CC2)c1OCOC(=O)C(C)(C)C. The van der Waals surface area contributed by atoms with Crippen molar-refractivity contribution in [3.05, 3.63) is 88.0 Å². The van der Waals surface area contributed by atoms with Gasteiger partial charge in [-0.2, -0.15) is 0 Å². The maximum Gasteiger partial charge on any atom is 0.314 e. The van der Waals surface area contributed by atoms with Crippen molar-refractivity contribution in [1.29, 1.82) is 0 Å². The Bertz CT molecular complexity index is 1780. The number of para-hydroxylation sites is 3. The number of carbonyl (C=O) groups is 2. The van der Waals surface area contributed by atoms with Crippen LogP contribution in [0.1, 0.15) is 211 Å².